The van der Waals surface area contributed by atoms with E-state index in [-0.39, 0.29) is 19.4 Å². The minimum Gasteiger partial charge on any atom is -0.464 e. The summed E-state index contributed by atoms with van der Waals surface area (Å²) in [5.74, 6) is -0.114. The summed E-state index contributed by atoms with van der Waals surface area (Å²) in [6.45, 7) is 2.67. The van der Waals surface area contributed by atoms with Crippen LogP contribution in [-0.4, -0.2) is 36.3 Å². The quantitative estimate of drug-likeness (QED) is 0.841. The van der Waals surface area contributed by atoms with E-state index in [0.29, 0.717) is 24.6 Å². The Labute approximate surface area is 111 Å². The first-order valence-electron chi connectivity index (χ1n) is 6.38. The minimum absolute atomic E-state index is 0.0991. The number of nitrogens with two attached hydrogens (primary N) is 1. The molecule has 0 radical (unpaired) electrons. The monoisotopic (exact) mass is 267 g/mol. The van der Waals surface area contributed by atoms with Crippen LogP contribution in [0.4, 0.5) is 15.9 Å². The molecule has 0 aromatic carbocycles. The number of rotatable bonds is 3. The summed E-state index contributed by atoms with van der Waals surface area (Å²) in [6.07, 6.45) is 1.85. The number of hydrogen-bond donors (Lipinski definition) is 1. The van der Waals surface area contributed by atoms with Crippen molar-refractivity contribution in [3.63, 3.8) is 0 Å². The summed E-state index contributed by atoms with van der Waals surface area (Å²) in [4.78, 5) is 17.7. The highest BCUT2D eigenvalue weighted by molar-refractivity contribution is 5.80. The number of anilines is 2. The molecule has 1 aliphatic heterocycles. The van der Waals surface area contributed by atoms with Crippen LogP contribution in [0, 0.1) is 0 Å². The molecular formula is C13H18FN3O2. The molecule has 104 valence electrons. The van der Waals surface area contributed by atoms with Gasteiger partial charge in [-0.15, -0.1) is 0 Å². The molecule has 1 fully saturated rings. The number of carbonyl (C=O) groups excluding carboxylic acids is 1. The molecule has 0 aliphatic carbocycles. The standard InChI is InChI=1S/C13H18FN3O2/c1-2-19-12(18)13(14)5-8-17(9-6-13)11-10(15)4-3-7-16-11/h3-4,7H,2,5-6,8-9,15H2,1H3. The summed E-state index contributed by atoms with van der Waals surface area (Å²) < 4.78 is 19.2. The zero-order valence-corrected chi connectivity index (χ0v) is 10.9. The first kappa shape index (κ1) is 13.6. The Balaban J connectivity index is 2.03. The maximum absolute atomic E-state index is 14.4. The molecule has 0 spiro atoms. The lowest BCUT2D eigenvalue weighted by Gasteiger charge is -2.35. The van der Waals surface area contributed by atoms with Crippen molar-refractivity contribution in [1.82, 2.24) is 4.98 Å². The summed E-state index contributed by atoms with van der Waals surface area (Å²) in [5, 5.41) is 0. The molecule has 0 bridgehead atoms. The second-order valence-corrected chi connectivity index (χ2v) is 4.59. The van der Waals surface area contributed by atoms with Crippen LogP contribution >= 0.6 is 0 Å². The molecule has 1 aromatic rings. The topological polar surface area (TPSA) is 68.5 Å². The average molecular weight is 267 g/mol. The molecule has 2 rings (SSSR count). The fourth-order valence-corrected chi connectivity index (χ4v) is 2.21. The Hall–Kier alpha value is -1.85. The van der Waals surface area contributed by atoms with Crippen LogP contribution in [0.3, 0.4) is 0 Å². The molecule has 19 heavy (non-hydrogen) atoms. The number of alkyl halides is 1. The highest BCUT2D eigenvalue weighted by Gasteiger charge is 2.43. The third-order valence-electron chi connectivity index (χ3n) is 3.31. The van der Waals surface area contributed by atoms with Gasteiger partial charge in [0.1, 0.15) is 0 Å². The summed E-state index contributed by atoms with van der Waals surface area (Å²) >= 11 is 0. The van der Waals surface area contributed by atoms with E-state index >= 15 is 0 Å². The van der Waals surface area contributed by atoms with Gasteiger partial charge in [0, 0.05) is 32.1 Å². The number of piperidine rings is 1. The molecule has 5 nitrogen and oxygen atoms in total. The van der Waals surface area contributed by atoms with Gasteiger partial charge in [-0.3, -0.25) is 0 Å². The highest BCUT2D eigenvalue weighted by atomic mass is 19.1. The molecule has 0 unspecified atom stereocenters. The number of pyridine rings is 1. The Morgan fingerprint density at radius 3 is 2.84 bits per heavy atom. The van der Waals surface area contributed by atoms with Crippen molar-refractivity contribution in [2.75, 3.05) is 30.3 Å². The van der Waals surface area contributed by atoms with Crippen molar-refractivity contribution in [2.24, 2.45) is 0 Å². The SMILES string of the molecule is CCOC(=O)C1(F)CCN(c2ncccc2N)CC1. The number of hydrogen-bond acceptors (Lipinski definition) is 5. The molecule has 1 aromatic heterocycles. The van der Waals surface area contributed by atoms with Crippen molar-refractivity contribution in [3.05, 3.63) is 18.3 Å². The van der Waals surface area contributed by atoms with Gasteiger partial charge in [-0.05, 0) is 19.1 Å². The zero-order valence-electron chi connectivity index (χ0n) is 10.9. The maximum Gasteiger partial charge on any atom is 0.344 e. The van der Waals surface area contributed by atoms with Gasteiger partial charge in [-0.1, -0.05) is 0 Å². The van der Waals surface area contributed by atoms with Gasteiger partial charge in [-0.25, -0.2) is 14.2 Å². The van der Waals surface area contributed by atoms with Crippen molar-refractivity contribution in [1.29, 1.82) is 0 Å². The van der Waals surface area contributed by atoms with Crippen molar-refractivity contribution >= 4 is 17.5 Å². The number of nitrogen functional groups attached to an aromatic ring is 1. The molecule has 6 heteroatoms. The largest absolute Gasteiger partial charge is 0.464 e. The second-order valence-electron chi connectivity index (χ2n) is 4.59. The lowest BCUT2D eigenvalue weighted by atomic mass is 9.93. The van der Waals surface area contributed by atoms with E-state index in [1.54, 1.807) is 25.3 Å². The summed E-state index contributed by atoms with van der Waals surface area (Å²) in [5.41, 5.74) is 4.52. The molecule has 1 aliphatic rings. The number of esters is 1. The average Bonchev–Trinajstić information content (AvgIpc) is 2.41. The first-order chi connectivity index (χ1) is 9.07. The van der Waals surface area contributed by atoms with Crippen LogP contribution in [0.25, 0.3) is 0 Å². The Bertz CT molecular complexity index is 459. The molecule has 0 saturated carbocycles. The third-order valence-corrected chi connectivity index (χ3v) is 3.31. The van der Waals surface area contributed by atoms with E-state index < -0.39 is 11.6 Å². The van der Waals surface area contributed by atoms with Gasteiger partial charge in [0.15, 0.2) is 5.82 Å². The van der Waals surface area contributed by atoms with Crippen LogP contribution in [0.1, 0.15) is 19.8 Å². The van der Waals surface area contributed by atoms with Gasteiger partial charge in [-0.2, -0.15) is 0 Å². The normalized spacial score (nSPS) is 18.1. The molecule has 2 N–H and O–H groups in total. The first-order valence-corrected chi connectivity index (χ1v) is 6.38. The van der Waals surface area contributed by atoms with Crippen molar-refractivity contribution in [3.8, 4) is 0 Å². The molecule has 0 atom stereocenters. The Kier molecular flexibility index (Phi) is 3.87. The Morgan fingerprint density at radius 1 is 1.58 bits per heavy atom. The van der Waals surface area contributed by atoms with E-state index in [1.807, 2.05) is 4.90 Å². The number of nitrogens with zero attached hydrogens (tertiary/aromatic N) is 2. The predicted octanol–water partition coefficient (Wildman–Crippen LogP) is 1.54. The predicted molar refractivity (Wildman–Crippen MR) is 70.6 cm³/mol. The van der Waals surface area contributed by atoms with Crippen LogP contribution < -0.4 is 10.6 Å². The minimum atomic E-state index is -1.88. The molecule has 2 heterocycles. The smallest absolute Gasteiger partial charge is 0.344 e. The van der Waals surface area contributed by atoms with Crippen LogP contribution in [0.15, 0.2) is 18.3 Å². The number of ether oxygens (including phenoxy) is 1. The van der Waals surface area contributed by atoms with Crippen LogP contribution in [0.5, 0.6) is 0 Å². The fraction of sp³-hybridized carbons (Fsp3) is 0.538. The summed E-state index contributed by atoms with van der Waals surface area (Å²) in [7, 11) is 0. The highest BCUT2D eigenvalue weighted by Crippen LogP contribution is 2.31. The maximum atomic E-state index is 14.4. The van der Waals surface area contributed by atoms with Gasteiger partial charge >= 0.3 is 5.97 Å². The van der Waals surface area contributed by atoms with Gasteiger partial charge in [0.25, 0.3) is 0 Å². The molecule has 0 amide bonds. The van der Waals surface area contributed by atoms with E-state index in [4.69, 9.17) is 10.5 Å². The van der Waals surface area contributed by atoms with Crippen molar-refractivity contribution < 1.29 is 13.9 Å². The molecule has 1 saturated heterocycles. The lowest BCUT2D eigenvalue weighted by Crippen LogP contribution is -2.47. The number of halogens is 1. The van der Waals surface area contributed by atoms with E-state index in [2.05, 4.69) is 4.98 Å². The second kappa shape index (κ2) is 5.42. The number of aromatic nitrogens is 1. The van der Waals surface area contributed by atoms with Crippen LogP contribution in [0.2, 0.25) is 0 Å². The van der Waals surface area contributed by atoms with Gasteiger partial charge < -0.3 is 15.4 Å². The van der Waals surface area contributed by atoms with E-state index in [1.165, 1.54) is 0 Å². The molecular weight excluding hydrogens is 249 g/mol. The van der Waals surface area contributed by atoms with E-state index in [0.717, 1.165) is 0 Å². The summed E-state index contributed by atoms with van der Waals surface area (Å²) in [6, 6.07) is 3.51. The van der Waals surface area contributed by atoms with E-state index in [9.17, 15) is 9.18 Å². The number of carbonyl (C=O) groups is 1. The van der Waals surface area contributed by atoms with Gasteiger partial charge in [0.05, 0.1) is 12.3 Å². The Morgan fingerprint density at radius 2 is 2.26 bits per heavy atom. The van der Waals surface area contributed by atoms with Crippen molar-refractivity contribution in [2.45, 2.75) is 25.4 Å². The third kappa shape index (κ3) is 2.77. The lowest BCUT2D eigenvalue weighted by molar-refractivity contribution is -0.158. The zero-order chi connectivity index (χ0) is 13.9. The van der Waals surface area contributed by atoms with Crippen LogP contribution in [-0.2, 0) is 9.53 Å². The fourth-order valence-electron chi connectivity index (χ4n) is 2.21. The van der Waals surface area contributed by atoms with Gasteiger partial charge in [0.2, 0.25) is 5.67 Å².